The van der Waals surface area contributed by atoms with Crippen LogP contribution in [-0.4, -0.2) is 24.1 Å². The van der Waals surface area contributed by atoms with Gasteiger partial charge in [-0.3, -0.25) is 0 Å². The molecule has 1 saturated heterocycles. The van der Waals surface area contributed by atoms with Crippen LogP contribution in [0.1, 0.15) is 31.2 Å². The predicted molar refractivity (Wildman–Crippen MR) is 65.5 cm³/mol. The molecule has 1 aromatic rings. The van der Waals surface area contributed by atoms with Crippen molar-refractivity contribution in [1.82, 2.24) is 10.3 Å². The molecule has 0 unspecified atom stereocenters. The number of anilines is 1. The van der Waals surface area contributed by atoms with Crippen molar-refractivity contribution in [3.05, 3.63) is 23.9 Å². The Morgan fingerprint density at radius 3 is 2.88 bits per heavy atom. The van der Waals surface area contributed by atoms with E-state index >= 15 is 0 Å². The maximum Gasteiger partial charge on any atom is 0.128 e. The highest BCUT2D eigenvalue weighted by atomic mass is 15.2. The van der Waals surface area contributed by atoms with E-state index in [1.165, 1.54) is 44.3 Å². The van der Waals surface area contributed by atoms with E-state index in [9.17, 15) is 0 Å². The van der Waals surface area contributed by atoms with E-state index in [1.807, 2.05) is 6.20 Å². The molecular formula is C13H19N3. The summed E-state index contributed by atoms with van der Waals surface area (Å²) in [5, 5.41) is 3.54. The fourth-order valence-corrected chi connectivity index (χ4v) is 2.24. The second-order valence-corrected chi connectivity index (χ2v) is 4.87. The first-order valence-electron chi connectivity index (χ1n) is 6.35. The van der Waals surface area contributed by atoms with Crippen molar-refractivity contribution in [2.45, 2.75) is 38.3 Å². The lowest BCUT2D eigenvalue weighted by molar-refractivity contribution is 0.686. The first-order chi connectivity index (χ1) is 7.92. The molecule has 0 bridgehead atoms. The fourth-order valence-electron chi connectivity index (χ4n) is 2.24. The summed E-state index contributed by atoms with van der Waals surface area (Å²) in [5.74, 6) is 1.16. The summed E-state index contributed by atoms with van der Waals surface area (Å²) in [6, 6.07) is 5.14. The van der Waals surface area contributed by atoms with Crippen LogP contribution in [0.3, 0.4) is 0 Å². The maximum absolute atomic E-state index is 4.46. The van der Waals surface area contributed by atoms with Gasteiger partial charge in [0.25, 0.3) is 0 Å². The van der Waals surface area contributed by atoms with Gasteiger partial charge in [0, 0.05) is 31.9 Å². The lowest BCUT2D eigenvalue weighted by atomic mass is 10.2. The molecule has 0 amide bonds. The van der Waals surface area contributed by atoms with Gasteiger partial charge in [0.1, 0.15) is 5.82 Å². The molecule has 3 heteroatoms. The van der Waals surface area contributed by atoms with Gasteiger partial charge in [-0.05, 0) is 43.4 Å². The van der Waals surface area contributed by atoms with Gasteiger partial charge in [-0.2, -0.15) is 0 Å². The van der Waals surface area contributed by atoms with Crippen molar-refractivity contribution >= 4 is 5.82 Å². The molecule has 2 aliphatic rings. The standard InChI is InChI=1S/C13H19N3/c1-2-8-16(7-1)13-9-11(5-6-14-13)10-15-12-3-4-12/h5-6,9,12,15H,1-4,7-8,10H2. The van der Waals surface area contributed by atoms with Crippen LogP contribution in [0, 0.1) is 0 Å². The number of nitrogens with one attached hydrogen (secondary N) is 1. The maximum atomic E-state index is 4.46. The SMILES string of the molecule is c1cc(CNC2CC2)cc(N2CCCC2)n1. The molecule has 0 aromatic carbocycles. The van der Waals surface area contributed by atoms with Crippen molar-refractivity contribution in [2.24, 2.45) is 0 Å². The van der Waals surface area contributed by atoms with Gasteiger partial charge in [-0.25, -0.2) is 4.98 Å². The molecule has 1 aliphatic heterocycles. The Morgan fingerprint density at radius 2 is 2.12 bits per heavy atom. The Balaban J connectivity index is 1.65. The van der Waals surface area contributed by atoms with Crippen LogP contribution < -0.4 is 10.2 Å². The molecule has 0 spiro atoms. The lowest BCUT2D eigenvalue weighted by Gasteiger charge is -2.16. The van der Waals surface area contributed by atoms with Gasteiger partial charge < -0.3 is 10.2 Å². The van der Waals surface area contributed by atoms with Crippen LogP contribution in [0.15, 0.2) is 18.3 Å². The van der Waals surface area contributed by atoms with Crippen LogP contribution in [-0.2, 0) is 6.54 Å². The van der Waals surface area contributed by atoms with E-state index in [-0.39, 0.29) is 0 Å². The Bertz CT molecular complexity index is 354. The lowest BCUT2D eigenvalue weighted by Crippen LogP contribution is -2.20. The summed E-state index contributed by atoms with van der Waals surface area (Å²) in [4.78, 5) is 6.85. The highest BCUT2D eigenvalue weighted by molar-refractivity contribution is 5.41. The largest absolute Gasteiger partial charge is 0.357 e. The third kappa shape index (κ3) is 2.35. The molecule has 16 heavy (non-hydrogen) atoms. The quantitative estimate of drug-likeness (QED) is 0.835. The first kappa shape index (κ1) is 10.1. The Labute approximate surface area is 96.9 Å². The number of aromatic nitrogens is 1. The van der Waals surface area contributed by atoms with Crippen LogP contribution in [0.5, 0.6) is 0 Å². The van der Waals surface area contributed by atoms with Crippen LogP contribution in [0.25, 0.3) is 0 Å². The number of hydrogen-bond donors (Lipinski definition) is 1. The molecule has 3 rings (SSSR count). The second kappa shape index (κ2) is 4.42. The Kier molecular flexibility index (Phi) is 2.79. The van der Waals surface area contributed by atoms with E-state index in [0.29, 0.717) is 0 Å². The molecular weight excluding hydrogens is 198 g/mol. The molecule has 3 nitrogen and oxygen atoms in total. The number of rotatable bonds is 4. The van der Waals surface area contributed by atoms with Gasteiger partial charge in [0.2, 0.25) is 0 Å². The highest BCUT2D eigenvalue weighted by Gasteiger charge is 2.20. The fraction of sp³-hybridized carbons (Fsp3) is 0.615. The average molecular weight is 217 g/mol. The van der Waals surface area contributed by atoms with E-state index in [2.05, 4.69) is 27.3 Å². The van der Waals surface area contributed by atoms with Gasteiger partial charge in [-0.1, -0.05) is 0 Å². The zero-order valence-electron chi connectivity index (χ0n) is 9.65. The summed E-state index contributed by atoms with van der Waals surface area (Å²) in [7, 11) is 0. The van der Waals surface area contributed by atoms with Gasteiger partial charge in [-0.15, -0.1) is 0 Å². The minimum atomic E-state index is 0.781. The topological polar surface area (TPSA) is 28.2 Å². The minimum absolute atomic E-state index is 0.781. The Hall–Kier alpha value is -1.09. The molecule has 2 fully saturated rings. The first-order valence-corrected chi connectivity index (χ1v) is 6.35. The molecule has 2 heterocycles. The molecule has 1 saturated carbocycles. The van der Waals surface area contributed by atoms with E-state index < -0.39 is 0 Å². The average Bonchev–Trinajstić information content (AvgIpc) is 2.99. The van der Waals surface area contributed by atoms with E-state index in [4.69, 9.17) is 0 Å². The smallest absolute Gasteiger partial charge is 0.128 e. The summed E-state index contributed by atoms with van der Waals surface area (Å²) >= 11 is 0. The normalized spacial score (nSPS) is 20.4. The van der Waals surface area contributed by atoms with Crippen LogP contribution >= 0.6 is 0 Å². The summed E-state index contributed by atoms with van der Waals surface area (Å²) in [6.45, 7) is 3.34. The monoisotopic (exact) mass is 217 g/mol. The third-order valence-electron chi connectivity index (χ3n) is 3.41. The predicted octanol–water partition coefficient (Wildman–Crippen LogP) is 1.93. The molecule has 1 aliphatic carbocycles. The van der Waals surface area contributed by atoms with Gasteiger partial charge >= 0.3 is 0 Å². The summed E-state index contributed by atoms with van der Waals surface area (Å²) in [6.07, 6.45) is 7.27. The van der Waals surface area contributed by atoms with E-state index in [1.54, 1.807) is 0 Å². The molecule has 86 valence electrons. The van der Waals surface area contributed by atoms with E-state index in [0.717, 1.165) is 18.4 Å². The van der Waals surface area contributed by atoms with Gasteiger partial charge in [0.05, 0.1) is 0 Å². The van der Waals surface area contributed by atoms with Gasteiger partial charge in [0.15, 0.2) is 0 Å². The number of hydrogen-bond acceptors (Lipinski definition) is 3. The number of nitrogens with zero attached hydrogens (tertiary/aromatic N) is 2. The Morgan fingerprint density at radius 1 is 1.31 bits per heavy atom. The van der Waals surface area contributed by atoms with Crippen molar-refractivity contribution in [2.75, 3.05) is 18.0 Å². The van der Waals surface area contributed by atoms with Crippen molar-refractivity contribution in [3.8, 4) is 0 Å². The zero-order valence-corrected chi connectivity index (χ0v) is 9.65. The van der Waals surface area contributed by atoms with Crippen LogP contribution in [0.4, 0.5) is 5.82 Å². The molecule has 0 atom stereocenters. The second-order valence-electron chi connectivity index (χ2n) is 4.87. The highest BCUT2D eigenvalue weighted by Crippen LogP contribution is 2.21. The number of pyridine rings is 1. The van der Waals surface area contributed by atoms with Crippen molar-refractivity contribution in [3.63, 3.8) is 0 Å². The molecule has 1 N–H and O–H groups in total. The van der Waals surface area contributed by atoms with Crippen molar-refractivity contribution < 1.29 is 0 Å². The van der Waals surface area contributed by atoms with Crippen LogP contribution in [0.2, 0.25) is 0 Å². The molecule has 0 radical (unpaired) electrons. The van der Waals surface area contributed by atoms with Crippen molar-refractivity contribution in [1.29, 1.82) is 0 Å². The minimum Gasteiger partial charge on any atom is -0.357 e. The summed E-state index contributed by atoms with van der Waals surface area (Å²) in [5.41, 5.74) is 1.36. The molecule has 1 aromatic heterocycles. The third-order valence-corrected chi connectivity index (χ3v) is 3.41. The zero-order chi connectivity index (χ0) is 10.8. The summed E-state index contributed by atoms with van der Waals surface area (Å²) < 4.78 is 0.